The van der Waals surface area contributed by atoms with Crippen molar-refractivity contribution in [2.75, 3.05) is 18.8 Å². The van der Waals surface area contributed by atoms with Gasteiger partial charge in [-0.2, -0.15) is 0 Å². The molecule has 2 atom stereocenters. The third-order valence-electron chi connectivity index (χ3n) is 5.13. The molecule has 1 saturated heterocycles. The molecule has 2 N–H and O–H groups in total. The summed E-state index contributed by atoms with van der Waals surface area (Å²) in [4.78, 5) is 14.8. The number of morpholine rings is 1. The molecule has 2 aromatic carbocycles. The van der Waals surface area contributed by atoms with Crippen molar-refractivity contribution in [3.05, 3.63) is 65.7 Å². The number of hydrogen-bond donors (Lipinski definition) is 1. The van der Waals surface area contributed by atoms with Gasteiger partial charge in [0.15, 0.2) is 0 Å². The minimum Gasteiger partial charge on any atom is -0.399 e. The molecule has 1 amide bonds. The number of hydrogen-bond acceptors (Lipinski definition) is 3. The lowest BCUT2D eigenvalue weighted by Crippen LogP contribution is -2.48. The van der Waals surface area contributed by atoms with Crippen LogP contribution in [0.4, 0.5) is 5.69 Å². The lowest BCUT2D eigenvalue weighted by molar-refractivity contribution is -0.147. The van der Waals surface area contributed by atoms with Gasteiger partial charge in [-0.3, -0.25) is 4.79 Å². The highest BCUT2D eigenvalue weighted by atomic mass is 16.5. The zero-order valence-electron chi connectivity index (χ0n) is 14.3. The van der Waals surface area contributed by atoms with Crippen LogP contribution in [-0.4, -0.2) is 30.0 Å². The molecular formula is C21H24N2O2. The van der Waals surface area contributed by atoms with Crippen LogP contribution in [-0.2, 0) is 16.0 Å². The normalized spacial score (nSPS) is 23.4. The van der Waals surface area contributed by atoms with Crippen LogP contribution >= 0.6 is 0 Å². The fourth-order valence-corrected chi connectivity index (χ4v) is 3.49. The van der Waals surface area contributed by atoms with E-state index in [2.05, 4.69) is 12.1 Å². The second-order valence-electron chi connectivity index (χ2n) is 7.13. The SMILES string of the molecule is Nc1ccc(CC(=O)N2C[C@@H](c3ccccc3)O[C@@H](C3CC3)C2)cc1. The molecule has 1 heterocycles. The van der Waals surface area contributed by atoms with Crippen molar-refractivity contribution in [2.45, 2.75) is 31.5 Å². The third-order valence-corrected chi connectivity index (χ3v) is 5.13. The van der Waals surface area contributed by atoms with Crippen LogP contribution in [0.1, 0.15) is 30.1 Å². The predicted octanol–water partition coefficient (Wildman–Crippen LogP) is 3.19. The van der Waals surface area contributed by atoms with Crippen LogP contribution in [0, 0.1) is 5.92 Å². The summed E-state index contributed by atoms with van der Waals surface area (Å²) in [7, 11) is 0. The molecule has 0 bridgehead atoms. The summed E-state index contributed by atoms with van der Waals surface area (Å²) < 4.78 is 6.33. The minimum absolute atomic E-state index is 0.0316. The van der Waals surface area contributed by atoms with Gasteiger partial charge in [0.25, 0.3) is 0 Å². The number of benzene rings is 2. The molecule has 0 spiro atoms. The van der Waals surface area contributed by atoms with Crippen LogP contribution in [0.15, 0.2) is 54.6 Å². The summed E-state index contributed by atoms with van der Waals surface area (Å²) in [6.07, 6.45) is 2.97. The van der Waals surface area contributed by atoms with Crippen molar-refractivity contribution < 1.29 is 9.53 Å². The van der Waals surface area contributed by atoms with Gasteiger partial charge in [-0.15, -0.1) is 0 Å². The first-order chi connectivity index (χ1) is 12.2. The van der Waals surface area contributed by atoms with E-state index in [9.17, 15) is 4.79 Å². The maximum atomic E-state index is 12.9. The van der Waals surface area contributed by atoms with E-state index in [-0.39, 0.29) is 18.1 Å². The summed E-state index contributed by atoms with van der Waals surface area (Å²) in [6.45, 7) is 1.34. The highest BCUT2D eigenvalue weighted by molar-refractivity contribution is 5.79. The lowest BCUT2D eigenvalue weighted by Gasteiger charge is -2.38. The smallest absolute Gasteiger partial charge is 0.227 e. The zero-order chi connectivity index (χ0) is 17.2. The molecule has 0 unspecified atom stereocenters. The third kappa shape index (κ3) is 3.85. The molecule has 1 aliphatic heterocycles. The summed E-state index contributed by atoms with van der Waals surface area (Å²) in [5.74, 6) is 0.776. The van der Waals surface area contributed by atoms with Crippen LogP contribution in [0.5, 0.6) is 0 Å². The summed E-state index contributed by atoms with van der Waals surface area (Å²) in [5.41, 5.74) is 8.61. The van der Waals surface area contributed by atoms with Crippen molar-refractivity contribution >= 4 is 11.6 Å². The van der Waals surface area contributed by atoms with E-state index in [1.807, 2.05) is 47.4 Å². The Morgan fingerprint density at radius 3 is 2.44 bits per heavy atom. The average molecular weight is 336 g/mol. The van der Waals surface area contributed by atoms with Crippen LogP contribution in [0.25, 0.3) is 0 Å². The average Bonchev–Trinajstić information content (AvgIpc) is 3.49. The van der Waals surface area contributed by atoms with Crippen LogP contribution in [0.3, 0.4) is 0 Å². The molecule has 2 aromatic rings. The van der Waals surface area contributed by atoms with E-state index < -0.39 is 0 Å². The zero-order valence-corrected chi connectivity index (χ0v) is 14.3. The Bertz CT molecular complexity index is 725. The Hall–Kier alpha value is -2.33. The van der Waals surface area contributed by atoms with Crippen molar-refractivity contribution in [1.29, 1.82) is 0 Å². The van der Waals surface area contributed by atoms with E-state index in [0.29, 0.717) is 25.4 Å². The number of rotatable bonds is 4. The number of ether oxygens (including phenoxy) is 1. The Morgan fingerprint density at radius 2 is 1.76 bits per heavy atom. The topological polar surface area (TPSA) is 55.6 Å². The van der Waals surface area contributed by atoms with Gasteiger partial charge in [0.2, 0.25) is 5.91 Å². The summed E-state index contributed by atoms with van der Waals surface area (Å²) in [6, 6.07) is 17.8. The fourth-order valence-electron chi connectivity index (χ4n) is 3.49. The molecule has 0 aromatic heterocycles. The lowest BCUT2D eigenvalue weighted by atomic mass is 10.0. The van der Waals surface area contributed by atoms with E-state index in [4.69, 9.17) is 10.5 Å². The van der Waals surface area contributed by atoms with Crippen molar-refractivity contribution in [1.82, 2.24) is 4.90 Å². The molecule has 2 aliphatic rings. The number of carbonyl (C=O) groups excluding carboxylic acids is 1. The highest BCUT2D eigenvalue weighted by Gasteiger charge is 2.39. The van der Waals surface area contributed by atoms with Crippen molar-refractivity contribution in [2.24, 2.45) is 5.92 Å². The molecule has 25 heavy (non-hydrogen) atoms. The number of nitrogen functional groups attached to an aromatic ring is 1. The molecular weight excluding hydrogens is 312 g/mol. The second-order valence-corrected chi connectivity index (χ2v) is 7.13. The molecule has 1 saturated carbocycles. The molecule has 2 fully saturated rings. The van der Waals surface area contributed by atoms with E-state index in [1.54, 1.807) is 0 Å². The van der Waals surface area contributed by atoms with Gasteiger partial charge in [0, 0.05) is 12.2 Å². The number of carbonyl (C=O) groups is 1. The predicted molar refractivity (Wildman–Crippen MR) is 97.9 cm³/mol. The second kappa shape index (κ2) is 6.89. The first-order valence-corrected chi connectivity index (χ1v) is 9.01. The molecule has 130 valence electrons. The molecule has 4 nitrogen and oxygen atoms in total. The summed E-state index contributed by atoms with van der Waals surface area (Å²) >= 11 is 0. The fraction of sp³-hybridized carbons (Fsp3) is 0.381. The van der Waals surface area contributed by atoms with Gasteiger partial charge in [-0.25, -0.2) is 0 Å². The number of nitrogens with two attached hydrogens (primary N) is 1. The van der Waals surface area contributed by atoms with Gasteiger partial charge in [-0.05, 0) is 42.0 Å². The van der Waals surface area contributed by atoms with Gasteiger partial charge in [0.1, 0.15) is 6.10 Å². The molecule has 4 heteroatoms. The Balaban J connectivity index is 1.49. The number of nitrogens with zero attached hydrogens (tertiary/aromatic N) is 1. The monoisotopic (exact) mass is 336 g/mol. The Labute approximate surface area is 148 Å². The standard InChI is InChI=1S/C21H24N2O2/c22-18-10-6-15(7-11-18)12-21(24)23-13-19(16-4-2-1-3-5-16)25-20(14-23)17-8-9-17/h1-7,10-11,17,19-20H,8-9,12-14,22H2/t19-,20+/m0/s1. The van der Waals surface area contributed by atoms with E-state index in [0.717, 1.165) is 16.8 Å². The quantitative estimate of drug-likeness (QED) is 0.873. The maximum Gasteiger partial charge on any atom is 0.227 e. The first-order valence-electron chi connectivity index (χ1n) is 9.01. The van der Waals surface area contributed by atoms with E-state index in [1.165, 1.54) is 12.8 Å². The maximum absolute atomic E-state index is 12.9. The van der Waals surface area contributed by atoms with Crippen LogP contribution < -0.4 is 5.73 Å². The molecule has 1 aliphatic carbocycles. The Morgan fingerprint density at radius 1 is 1.04 bits per heavy atom. The highest BCUT2D eigenvalue weighted by Crippen LogP contribution is 2.39. The largest absolute Gasteiger partial charge is 0.399 e. The Kier molecular flexibility index (Phi) is 4.45. The number of anilines is 1. The van der Waals surface area contributed by atoms with E-state index >= 15 is 0 Å². The van der Waals surface area contributed by atoms with Crippen molar-refractivity contribution in [3.8, 4) is 0 Å². The molecule has 0 radical (unpaired) electrons. The van der Waals surface area contributed by atoms with Gasteiger partial charge >= 0.3 is 0 Å². The first kappa shape index (κ1) is 16.2. The minimum atomic E-state index is -0.0316. The van der Waals surface area contributed by atoms with Gasteiger partial charge in [-0.1, -0.05) is 42.5 Å². The molecule has 4 rings (SSSR count). The van der Waals surface area contributed by atoms with Crippen molar-refractivity contribution in [3.63, 3.8) is 0 Å². The number of amides is 1. The van der Waals surface area contributed by atoms with Gasteiger partial charge < -0.3 is 15.4 Å². The van der Waals surface area contributed by atoms with Crippen LogP contribution in [0.2, 0.25) is 0 Å². The summed E-state index contributed by atoms with van der Waals surface area (Å²) in [5, 5.41) is 0. The van der Waals surface area contributed by atoms with Gasteiger partial charge in [0.05, 0.1) is 19.1 Å².